The lowest BCUT2D eigenvalue weighted by Gasteiger charge is -2.19. The van der Waals surface area contributed by atoms with Crippen molar-refractivity contribution in [3.8, 4) is 5.75 Å². The molecular formula is C18H22N2OS. The van der Waals surface area contributed by atoms with Crippen LogP contribution in [0.4, 0.5) is 5.69 Å². The molecule has 22 heavy (non-hydrogen) atoms. The number of thiocarbonyl (C=S) groups is 1. The van der Waals surface area contributed by atoms with Gasteiger partial charge < -0.3 is 15.4 Å². The summed E-state index contributed by atoms with van der Waals surface area (Å²) >= 11 is 5.39. The molecule has 0 fully saturated rings. The lowest BCUT2D eigenvalue weighted by molar-refractivity contribution is 0.340. The summed E-state index contributed by atoms with van der Waals surface area (Å²) in [6, 6.07) is 16.2. The fraction of sp³-hybridized carbons (Fsp3) is 0.278. The van der Waals surface area contributed by atoms with Crippen LogP contribution in [-0.4, -0.2) is 11.7 Å². The molecule has 3 nitrogen and oxygen atoms in total. The van der Waals surface area contributed by atoms with Gasteiger partial charge in [0.2, 0.25) is 0 Å². The summed E-state index contributed by atoms with van der Waals surface area (Å²) in [6.07, 6.45) is 0. The summed E-state index contributed by atoms with van der Waals surface area (Å²) in [4.78, 5) is 0. The summed E-state index contributed by atoms with van der Waals surface area (Å²) in [6.45, 7) is 6.85. The Morgan fingerprint density at radius 1 is 1.14 bits per heavy atom. The van der Waals surface area contributed by atoms with E-state index in [1.54, 1.807) is 0 Å². The standard InChI is InChI=1S/C18H22N2OS/c1-4-21-16-11-9-15(10-12-16)20-18(22)19-14(3)17-8-6-5-7-13(17)2/h5-12,14H,4H2,1-3H3,(H2,19,20,22)/t14-/m1/s1. The van der Waals surface area contributed by atoms with E-state index in [4.69, 9.17) is 17.0 Å². The smallest absolute Gasteiger partial charge is 0.171 e. The third-order valence-corrected chi connectivity index (χ3v) is 3.65. The summed E-state index contributed by atoms with van der Waals surface area (Å²) in [5, 5.41) is 7.12. The largest absolute Gasteiger partial charge is 0.494 e. The highest BCUT2D eigenvalue weighted by Gasteiger charge is 2.09. The minimum atomic E-state index is 0.156. The molecule has 0 aliphatic heterocycles. The Bertz CT molecular complexity index is 625. The van der Waals surface area contributed by atoms with Crippen molar-refractivity contribution < 1.29 is 4.74 Å². The van der Waals surface area contributed by atoms with Crippen LogP contribution < -0.4 is 15.4 Å². The molecule has 0 spiro atoms. The van der Waals surface area contributed by atoms with Crippen molar-refractivity contribution >= 4 is 23.0 Å². The molecule has 0 bridgehead atoms. The molecule has 0 amide bonds. The van der Waals surface area contributed by atoms with E-state index >= 15 is 0 Å². The van der Waals surface area contributed by atoms with E-state index in [0.717, 1.165) is 11.4 Å². The minimum absolute atomic E-state index is 0.156. The second-order valence-electron chi connectivity index (χ2n) is 5.13. The predicted molar refractivity (Wildman–Crippen MR) is 96.6 cm³/mol. The Morgan fingerprint density at radius 3 is 2.45 bits per heavy atom. The maximum atomic E-state index is 5.43. The number of benzene rings is 2. The highest BCUT2D eigenvalue weighted by atomic mass is 32.1. The lowest BCUT2D eigenvalue weighted by atomic mass is 10.0. The third-order valence-electron chi connectivity index (χ3n) is 3.43. The van der Waals surface area contributed by atoms with Crippen LogP contribution in [0.2, 0.25) is 0 Å². The van der Waals surface area contributed by atoms with Gasteiger partial charge in [-0.2, -0.15) is 0 Å². The van der Waals surface area contributed by atoms with Crippen LogP contribution in [-0.2, 0) is 0 Å². The van der Waals surface area contributed by atoms with E-state index in [9.17, 15) is 0 Å². The summed E-state index contributed by atoms with van der Waals surface area (Å²) in [5.41, 5.74) is 3.45. The first-order chi connectivity index (χ1) is 10.6. The van der Waals surface area contributed by atoms with Crippen LogP contribution in [0.25, 0.3) is 0 Å². The van der Waals surface area contributed by atoms with E-state index in [2.05, 4.69) is 36.6 Å². The second kappa shape index (κ2) is 7.80. The molecule has 0 heterocycles. The first-order valence-corrected chi connectivity index (χ1v) is 7.87. The molecule has 2 aromatic rings. The van der Waals surface area contributed by atoms with Gasteiger partial charge in [0.05, 0.1) is 12.6 Å². The number of hydrogen-bond donors (Lipinski definition) is 2. The quantitative estimate of drug-likeness (QED) is 0.799. The molecule has 2 aromatic carbocycles. The van der Waals surface area contributed by atoms with Crippen molar-refractivity contribution in [3.63, 3.8) is 0 Å². The molecule has 0 saturated carbocycles. The summed E-state index contributed by atoms with van der Waals surface area (Å²) < 4.78 is 5.43. The van der Waals surface area contributed by atoms with Crippen LogP contribution in [0.3, 0.4) is 0 Å². The molecule has 0 radical (unpaired) electrons. The third kappa shape index (κ3) is 4.46. The van der Waals surface area contributed by atoms with Gasteiger partial charge in [-0.25, -0.2) is 0 Å². The molecule has 1 atom stereocenters. The summed E-state index contributed by atoms with van der Waals surface area (Å²) in [7, 11) is 0. The maximum absolute atomic E-state index is 5.43. The van der Waals surface area contributed by atoms with Gasteiger partial charge in [0.1, 0.15) is 5.75 Å². The Morgan fingerprint density at radius 2 is 1.82 bits per heavy atom. The van der Waals surface area contributed by atoms with Crippen LogP contribution in [0.5, 0.6) is 5.75 Å². The van der Waals surface area contributed by atoms with Crippen LogP contribution in [0.1, 0.15) is 31.0 Å². The van der Waals surface area contributed by atoms with Crippen LogP contribution in [0, 0.1) is 6.92 Å². The average Bonchev–Trinajstić information content (AvgIpc) is 2.50. The highest BCUT2D eigenvalue weighted by Crippen LogP contribution is 2.18. The predicted octanol–water partition coefficient (Wildman–Crippen LogP) is 4.44. The zero-order chi connectivity index (χ0) is 15.9. The summed E-state index contributed by atoms with van der Waals surface area (Å²) in [5.74, 6) is 0.861. The Hall–Kier alpha value is -2.07. The van der Waals surface area contributed by atoms with Gasteiger partial charge in [0.25, 0.3) is 0 Å². The molecule has 0 unspecified atom stereocenters. The van der Waals surface area contributed by atoms with Crippen molar-refractivity contribution in [1.29, 1.82) is 0 Å². The van der Waals surface area contributed by atoms with Crippen molar-refractivity contribution in [2.75, 3.05) is 11.9 Å². The minimum Gasteiger partial charge on any atom is -0.494 e. The van der Waals surface area contributed by atoms with E-state index < -0.39 is 0 Å². The van der Waals surface area contributed by atoms with Crippen molar-refractivity contribution in [1.82, 2.24) is 5.32 Å². The van der Waals surface area contributed by atoms with Gasteiger partial charge in [-0.3, -0.25) is 0 Å². The van der Waals surface area contributed by atoms with Gasteiger partial charge in [-0.1, -0.05) is 24.3 Å². The molecule has 0 aliphatic rings. The molecule has 2 N–H and O–H groups in total. The van der Waals surface area contributed by atoms with Gasteiger partial charge in [-0.05, 0) is 68.4 Å². The van der Waals surface area contributed by atoms with E-state index in [1.807, 2.05) is 43.3 Å². The number of hydrogen-bond acceptors (Lipinski definition) is 2. The molecule has 116 valence electrons. The van der Waals surface area contributed by atoms with Crippen LogP contribution >= 0.6 is 12.2 Å². The van der Waals surface area contributed by atoms with E-state index in [0.29, 0.717) is 11.7 Å². The van der Waals surface area contributed by atoms with Gasteiger partial charge in [0.15, 0.2) is 5.11 Å². The van der Waals surface area contributed by atoms with Gasteiger partial charge in [0, 0.05) is 5.69 Å². The van der Waals surface area contributed by atoms with Crippen molar-refractivity contribution in [3.05, 3.63) is 59.7 Å². The maximum Gasteiger partial charge on any atom is 0.171 e. The normalized spacial score (nSPS) is 11.6. The average molecular weight is 314 g/mol. The van der Waals surface area contributed by atoms with Gasteiger partial charge in [-0.15, -0.1) is 0 Å². The second-order valence-corrected chi connectivity index (χ2v) is 5.54. The topological polar surface area (TPSA) is 33.3 Å². The van der Waals surface area contributed by atoms with Gasteiger partial charge >= 0.3 is 0 Å². The van der Waals surface area contributed by atoms with Crippen molar-refractivity contribution in [2.45, 2.75) is 26.8 Å². The molecule has 0 aromatic heterocycles. The molecule has 2 rings (SSSR count). The van der Waals surface area contributed by atoms with E-state index in [-0.39, 0.29) is 6.04 Å². The SMILES string of the molecule is CCOc1ccc(NC(=S)N[C@H](C)c2ccccc2C)cc1. The number of ether oxygens (including phenoxy) is 1. The number of anilines is 1. The molecular weight excluding hydrogens is 292 g/mol. The number of nitrogens with one attached hydrogen (secondary N) is 2. The van der Waals surface area contributed by atoms with Crippen molar-refractivity contribution in [2.24, 2.45) is 0 Å². The Kier molecular flexibility index (Phi) is 5.78. The van der Waals surface area contributed by atoms with Crippen LogP contribution in [0.15, 0.2) is 48.5 Å². The fourth-order valence-corrected chi connectivity index (χ4v) is 2.61. The fourth-order valence-electron chi connectivity index (χ4n) is 2.32. The monoisotopic (exact) mass is 314 g/mol. The first kappa shape index (κ1) is 16.3. The molecule has 0 aliphatic carbocycles. The first-order valence-electron chi connectivity index (χ1n) is 7.46. The van der Waals surface area contributed by atoms with E-state index in [1.165, 1.54) is 11.1 Å². The number of aryl methyl sites for hydroxylation is 1. The zero-order valence-electron chi connectivity index (χ0n) is 13.2. The Labute approximate surface area is 137 Å². The highest BCUT2D eigenvalue weighted by molar-refractivity contribution is 7.80. The molecule has 0 saturated heterocycles. The number of rotatable bonds is 5. The Balaban J connectivity index is 1.93. The zero-order valence-corrected chi connectivity index (χ0v) is 14.0. The molecule has 4 heteroatoms. The lowest BCUT2D eigenvalue weighted by Crippen LogP contribution is -2.31.